The van der Waals surface area contributed by atoms with Gasteiger partial charge in [-0.3, -0.25) is 0 Å². The number of benzene rings is 1. The molecule has 0 spiro atoms. The monoisotopic (exact) mass is 189 g/mol. The second kappa shape index (κ2) is 3.42. The number of halogens is 1. The van der Waals surface area contributed by atoms with E-state index in [1.807, 2.05) is 6.07 Å². The summed E-state index contributed by atoms with van der Waals surface area (Å²) in [6.07, 6.45) is 1.47. The van der Waals surface area contributed by atoms with Crippen LogP contribution in [0.15, 0.2) is 18.2 Å². The Bertz CT molecular complexity index is 392. The van der Waals surface area contributed by atoms with Crippen molar-refractivity contribution in [1.82, 2.24) is 0 Å². The molecule has 1 aliphatic carbocycles. The van der Waals surface area contributed by atoms with Crippen molar-refractivity contribution in [1.29, 1.82) is 5.26 Å². The fourth-order valence-corrected chi connectivity index (χ4v) is 2.30. The Morgan fingerprint density at radius 1 is 1.57 bits per heavy atom. The molecule has 0 saturated heterocycles. The molecule has 2 atom stereocenters. The molecule has 14 heavy (non-hydrogen) atoms. The molecule has 0 aliphatic heterocycles. The first-order valence-corrected chi connectivity index (χ1v) is 4.87. The van der Waals surface area contributed by atoms with Gasteiger partial charge in [-0.25, -0.2) is 4.39 Å². The molecule has 0 amide bonds. The van der Waals surface area contributed by atoms with Crippen LogP contribution in [0, 0.1) is 23.1 Å². The Balaban J connectivity index is 2.40. The lowest BCUT2D eigenvalue weighted by Gasteiger charge is -2.11. The van der Waals surface area contributed by atoms with Crippen LogP contribution in [-0.4, -0.2) is 0 Å². The summed E-state index contributed by atoms with van der Waals surface area (Å²) in [4.78, 5) is 0. The average molecular weight is 189 g/mol. The maximum atomic E-state index is 13.0. The highest BCUT2D eigenvalue weighted by Gasteiger charge is 2.29. The molecule has 72 valence electrons. The van der Waals surface area contributed by atoms with Gasteiger partial charge in [0.15, 0.2) is 0 Å². The molecular formula is C12H12FN. The number of nitrogens with zero attached hydrogens (tertiary/aromatic N) is 1. The molecule has 0 fully saturated rings. The number of hydrogen-bond acceptors (Lipinski definition) is 1. The molecule has 1 aliphatic rings. The van der Waals surface area contributed by atoms with E-state index >= 15 is 0 Å². The molecule has 0 aromatic heterocycles. The average Bonchev–Trinajstić information content (AvgIpc) is 2.45. The quantitative estimate of drug-likeness (QED) is 0.666. The molecule has 0 bridgehead atoms. The Kier molecular flexibility index (Phi) is 2.25. The van der Waals surface area contributed by atoms with Crippen LogP contribution in [-0.2, 0) is 6.42 Å². The normalized spacial score (nSPS) is 24.4. The van der Waals surface area contributed by atoms with E-state index < -0.39 is 0 Å². The predicted molar refractivity (Wildman–Crippen MR) is 52.2 cm³/mol. The van der Waals surface area contributed by atoms with Gasteiger partial charge in [-0.2, -0.15) is 5.26 Å². The topological polar surface area (TPSA) is 23.8 Å². The Morgan fingerprint density at radius 3 is 3.07 bits per heavy atom. The van der Waals surface area contributed by atoms with E-state index in [2.05, 4.69) is 13.0 Å². The fraction of sp³-hybridized carbons (Fsp3) is 0.417. The largest absolute Gasteiger partial charge is 0.207 e. The fourth-order valence-electron chi connectivity index (χ4n) is 2.30. The van der Waals surface area contributed by atoms with E-state index in [0.29, 0.717) is 12.3 Å². The van der Waals surface area contributed by atoms with Crippen molar-refractivity contribution in [2.24, 2.45) is 5.92 Å². The summed E-state index contributed by atoms with van der Waals surface area (Å²) < 4.78 is 13.0. The van der Waals surface area contributed by atoms with Crippen molar-refractivity contribution in [3.8, 4) is 6.07 Å². The van der Waals surface area contributed by atoms with Gasteiger partial charge in [0, 0.05) is 12.3 Å². The van der Waals surface area contributed by atoms with Crippen LogP contribution in [0.2, 0.25) is 0 Å². The molecule has 0 radical (unpaired) electrons. The third-order valence-electron chi connectivity index (χ3n) is 3.05. The van der Waals surface area contributed by atoms with E-state index in [9.17, 15) is 4.39 Å². The zero-order chi connectivity index (χ0) is 10.1. The van der Waals surface area contributed by atoms with Crippen molar-refractivity contribution in [3.63, 3.8) is 0 Å². The standard InChI is InChI=1S/C12H12FN/c1-8-6-9-2-3-10(13)7-12(9)11(8)4-5-14/h2-3,7-8,11H,4,6H2,1H3. The van der Waals surface area contributed by atoms with Crippen LogP contribution in [0.3, 0.4) is 0 Å². The molecule has 0 heterocycles. The lowest BCUT2D eigenvalue weighted by atomic mass is 9.91. The van der Waals surface area contributed by atoms with Gasteiger partial charge in [0.1, 0.15) is 5.82 Å². The van der Waals surface area contributed by atoms with E-state index in [0.717, 1.165) is 12.0 Å². The van der Waals surface area contributed by atoms with E-state index in [4.69, 9.17) is 5.26 Å². The van der Waals surface area contributed by atoms with Crippen molar-refractivity contribution in [2.75, 3.05) is 0 Å². The summed E-state index contributed by atoms with van der Waals surface area (Å²) in [6.45, 7) is 2.12. The molecule has 1 aromatic carbocycles. The summed E-state index contributed by atoms with van der Waals surface area (Å²) in [5, 5.41) is 8.70. The van der Waals surface area contributed by atoms with Crippen LogP contribution in [0.1, 0.15) is 30.4 Å². The minimum absolute atomic E-state index is 0.194. The van der Waals surface area contributed by atoms with E-state index in [1.54, 1.807) is 6.07 Å². The summed E-state index contributed by atoms with van der Waals surface area (Å²) in [6, 6.07) is 7.11. The third-order valence-corrected chi connectivity index (χ3v) is 3.05. The molecule has 0 N–H and O–H groups in total. The van der Waals surface area contributed by atoms with Crippen molar-refractivity contribution >= 4 is 0 Å². The van der Waals surface area contributed by atoms with E-state index in [-0.39, 0.29) is 11.7 Å². The minimum Gasteiger partial charge on any atom is -0.207 e. The number of nitriles is 1. The van der Waals surface area contributed by atoms with Gasteiger partial charge < -0.3 is 0 Å². The van der Waals surface area contributed by atoms with Crippen LogP contribution < -0.4 is 0 Å². The lowest BCUT2D eigenvalue weighted by molar-refractivity contribution is 0.504. The van der Waals surface area contributed by atoms with Gasteiger partial charge in [-0.15, -0.1) is 0 Å². The number of fused-ring (bicyclic) bond motifs is 1. The predicted octanol–water partition coefficient (Wildman–Crippen LogP) is 3.02. The SMILES string of the molecule is CC1Cc2ccc(F)cc2C1CC#N. The van der Waals surface area contributed by atoms with Crippen molar-refractivity contribution in [2.45, 2.75) is 25.7 Å². The maximum absolute atomic E-state index is 13.0. The molecular weight excluding hydrogens is 177 g/mol. The van der Waals surface area contributed by atoms with Gasteiger partial charge in [0.25, 0.3) is 0 Å². The summed E-state index contributed by atoms with van der Waals surface area (Å²) >= 11 is 0. The third kappa shape index (κ3) is 1.39. The van der Waals surface area contributed by atoms with Crippen molar-refractivity contribution in [3.05, 3.63) is 35.1 Å². The minimum atomic E-state index is -0.194. The first-order valence-electron chi connectivity index (χ1n) is 4.87. The lowest BCUT2D eigenvalue weighted by Crippen LogP contribution is -2.02. The van der Waals surface area contributed by atoms with Gasteiger partial charge in [-0.05, 0) is 35.6 Å². The number of rotatable bonds is 1. The molecule has 1 aromatic rings. The highest BCUT2D eigenvalue weighted by molar-refractivity contribution is 5.37. The zero-order valence-corrected chi connectivity index (χ0v) is 8.13. The van der Waals surface area contributed by atoms with Gasteiger partial charge >= 0.3 is 0 Å². The van der Waals surface area contributed by atoms with Gasteiger partial charge in [0.2, 0.25) is 0 Å². The van der Waals surface area contributed by atoms with Crippen molar-refractivity contribution < 1.29 is 4.39 Å². The van der Waals surface area contributed by atoms with Crippen LogP contribution >= 0.6 is 0 Å². The van der Waals surface area contributed by atoms with Gasteiger partial charge in [-0.1, -0.05) is 13.0 Å². The molecule has 2 rings (SSSR count). The smallest absolute Gasteiger partial charge is 0.123 e. The Labute approximate surface area is 83.2 Å². The van der Waals surface area contributed by atoms with Crippen LogP contribution in [0.5, 0.6) is 0 Å². The highest BCUT2D eigenvalue weighted by atomic mass is 19.1. The Morgan fingerprint density at radius 2 is 2.36 bits per heavy atom. The van der Waals surface area contributed by atoms with Crippen LogP contribution in [0.25, 0.3) is 0 Å². The second-order valence-electron chi connectivity index (χ2n) is 3.99. The first kappa shape index (κ1) is 9.21. The summed E-state index contributed by atoms with van der Waals surface area (Å²) in [7, 11) is 0. The second-order valence-corrected chi connectivity index (χ2v) is 3.99. The molecule has 2 unspecified atom stereocenters. The molecule has 1 nitrogen and oxygen atoms in total. The molecule has 2 heteroatoms. The van der Waals surface area contributed by atoms with Gasteiger partial charge in [0.05, 0.1) is 6.07 Å². The van der Waals surface area contributed by atoms with E-state index in [1.165, 1.54) is 11.6 Å². The zero-order valence-electron chi connectivity index (χ0n) is 8.13. The first-order chi connectivity index (χ1) is 6.72. The summed E-state index contributed by atoms with van der Waals surface area (Å²) in [5.41, 5.74) is 2.25. The Hall–Kier alpha value is -1.36. The highest BCUT2D eigenvalue weighted by Crippen LogP contribution is 2.39. The van der Waals surface area contributed by atoms with Crippen LogP contribution in [0.4, 0.5) is 4.39 Å². The maximum Gasteiger partial charge on any atom is 0.123 e. The number of hydrogen-bond donors (Lipinski definition) is 0. The molecule has 0 saturated carbocycles. The summed E-state index contributed by atoms with van der Waals surface area (Å²) in [5.74, 6) is 0.498.